The molecule has 0 saturated heterocycles. The number of nitrogens with one attached hydrogen (secondary N) is 1. The van der Waals surface area contributed by atoms with Gasteiger partial charge in [0.25, 0.3) is 5.91 Å². The number of aromatic nitrogens is 2. The summed E-state index contributed by atoms with van der Waals surface area (Å²) in [5.41, 5.74) is 0.334. The fraction of sp³-hybridized carbons (Fsp3) is 0.125. The number of nitrogens with zero attached hydrogens (tertiary/aromatic N) is 2. The molecule has 0 saturated carbocycles. The highest BCUT2D eigenvalue weighted by molar-refractivity contribution is 9.10. The Bertz CT molecular complexity index is 843. The maximum atomic E-state index is 14.2. The van der Waals surface area contributed by atoms with E-state index >= 15 is 0 Å². The number of benzene rings is 1. The normalized spacial score (nSPS) is 12.1. The van der Waals surface area contributed by atoms with Crippen LogP contribution in [0.5, 0.6) is 0 Å². The van der Waals surface area contributed by atoms with Gasteiger partial charge in [0.1, 0.15) is 17.7 Å². The third-order valence-corrected chi connectivity index (χ3v) is 3.83. The minimum Gasteiger partial charge on any atom is -0.444 e. The number of imidazole rings is 1. The van der Waals surface area contributed by atoms with E-state index in [1.54, 1.807) is 48.3 Å². The number of rotatable bonds is 4. The molecule has 0 radical (unpaired) electrons. The highest BCUT2D eigenvalue weighted by Gasteiger charge is 2.25. The first-order valence-corrected chi connectivity index (χ1v) is 7.63. The predicted octanol–water partition coefficient (Wildman–Crippen LogP) is 3.43. The summed E-state index contributed by atoms with van der Waals surface area (Å²) in [4.78, 5) is 16.6. The van der Waals surface area contributed by atoms with Gasteiger partial charge in [-0.2, -0.15) is 0 Å². The number of aryl methyl sites for hydroxylation is 1. The van der Waals surface area contributed by atoms with Crippen LogP contribution in [0.2, 0.25) is 0 Å². The SMILES string of the molecule is Cn1ccnc1C(NC(=O)c1ccc(Br)o1)c1ccccc1F. The molecule has 1 unspecified atom stereocenters. The van der Waals surface area contributed by atoms with Crippen LogP contribution in [-0.4, -0.2) is 15.5 Å². The number of hydrogen-bond donors (Lipinski definition) is 1. The van der Waals surface area contributed by atoms with E-state index in [4.69, 9.17) is 4.42 Å². The van der Waals surface area contributed by atoms with Crippen molar-refractivity contribution in [2.75, 3.05) is 0 Å². The molecule has 2 heterocycles. The standard InChI is InChI=1S/C16H13BrFN3O2/c1-21-9-8-19-15(21)14(10-4-2-3-5-11(10)18)20-16(22)12-6-7-13(17)23-12/h2-9,14H,1H3,(H,20,22). The third-order valence-electron chi connectivity index (χ3n) is 3.41. The average Bonchev–Trinajstić information content (AvgIpc) is 3.14. The number of carbonyl (C=O) groups excluding carboxylic acids is 1. The van der Waals surface area contributed by atoms with Crippen molar-refractivity contribution in [3.63, 3.8) is 0 Å². The van der Waals surface area contributed by atoms with E-state index in [1.807, 2.05) is 0 Å². The van der Waals surface area contributed by atoms with Crippen molar-refractivity contribution in [1.29, 1.82) is 0 Å². The zero-order valence-electron chi connectivity index (χ0n) is 12.2. The van der Waals surface area contributed by atoms with Crippen molar-refractivity contribution in [3.8, 4) is 0 Å². The molecular formula is C16H13BrFN3O2. The van der Waals surface area contributed by atoms with E-state index in [-0.39, 0.29) is 5.76 Å². The number of hydrogen-bond acceptors (Lipinski definition) is 3. The molecule has 0 spiro atoms. The molecule has 0 bridgehead atoms. The van der Waals surface area contributed by atoms with Gasteiger partial charge in [0.15, 0.2) is 10.4 Å². The number of amides is 1. The largest absolute Gasteiger partial charge is 0.444 e. The van der Waals surface area contributed by atoms with Crippen LogP contribution in [0.15, 0.2) is 57.9 Å². The van der Waals surface area contributed by atoms with Gasteiger partial charge >= 0.3 is 0 Å². The van der Waals surface area contributed by atoms with Crippen molar-refractivity contribution in [3.05, 3.63) is 76.4 Å². The van der Waals surface area contributed by atoms with Gasteiger partial charge in [-0.05, 0) is 34.1 Å². The van der Waals surface area contributed by atoms with Crippen molar-refractivity contribution in [2.45, 2.75) is 6.04 Å². The lowest BCUT2D eigenvalue weighted by molar-refractivity contribution is 0.0911. The van der Waals surface area contributed by atoms with Gasteiger partial charge < -0.3 is 14.3 Å². The molecule has 3 aromatic rings. The van der Waals surface area contributed by atoms with Gasteiger partial charge in [0, 0.05) is 25.0 Å². The van der Waals surface area contributed by atoms with Gasteiger partial charge in [-0.1, -0.05) is 18.2 Å². The van der Waals surface area contributed by atoms with Gasteiger partial charge in [-0.15, -0.1) is 0 Å². The molecule has 1 aromatic carbocycles. The van der Waals surface area contributed by atoms with Gasteiger partial charge in [-0.25, -0.2) is 9.37 Å². The molecule has 5 nitrogen and oxygen atoms in total. The number of halogens is 2. The van der Waals surface area contributed by atoms with Crippen molar-refractivity contribution >= 4 is 21.8 Å². The van der Waals surface area contributed by atoms with Crippen molar-refractivity contribution < 1.29 is 13.6 Å². The van der Waals surface area contributed by atoms with E-state index in [0.29, 0.717) is 16.1 Å². The summed E-state index contributed by atoms with van der Waals surface area (Å²) in [6, 6.07) is 8.70. The van der Waals surface area contributed by atoms with Crippen LogP contribution in [0, 0.1) is 5.82 Å². The highest BCUT2D eigenvalue weighted by atomic mass is 79.9. The van der Waals surface area contributed by atoms with Gasteiger partial charge in [0.2, 0.25) is 0 Å². The molecule has 1 N–H and O–H groups in total. The van der Waals surface area contributed by atoms with E-state index in [0.717, 1.165) is 0 Å². The Morgan fingerprint density at radius 1 is 1.35 bits per heavy atom. The fourth-order valence-corrected chi connectivity index (χ4v) is 2.59. The lowest BCUT2D eigenvalue weighted by atomic mass is 10.1. The first-order chi connectivity index (χ1) is 11.1. The Morgan fingerprint density at radius 2 is 2.13 bits per heavy atom. The second-order valence-corrected chi connectivity index (χ2v) is 5.71. The number of carbonyl (C=O) groups is 1. The Morgan fingerprint density at radius 3 is 2.74 bits per heavy atom. The molecular weight excluding hydrogens is 365 g/mol. The van der Waals surface area contributed by atoms with E-state index < -0.39 is 17.8 Å². The summed E-state index contributed by atoms with van der Waals surface area (Å²) in [6.07, 6.45) is 3.33. The third kappa shape index (κ3) is 3.19. The molecule has 118 valence electrons. The zero-order valence-corrected chi connectivity index (χ0v) is 13.7. The topological polar surface area (TPSA) is 60.1 Å². The molecule has 7 heteroatoms. The molecule has 2 aromatic heterocycles. The molecule has 0 aliphatic heterocycles. The summed E-state index contributed by atoms with van der Waals surface area (Å²) in [7, 11) is 1.78. The molecule has 23 heavy (non-hydrogen) atoms. The molecule has 3 rings (SSSR count). The van der Waals surface area contributed by atoms with Crippen LogP contribution in [0.25, 0.3) is 0 Å². The molecule has 0 aliphatic rings. The summed E-state index contributed by atoms with van der Waals surface area (Å²) in [5, 5.41) is 2.77. The van der Waals surface area contributed by atoms with Crippen LogP contribution in [0.3, 0.4) is 0 Å². The van der Waals surface area contributed by atoms with Gasteiger partial charge in [0.05, 0.1) is 0 Å². The zero-order chi connectivity index (χ0) is 16.4. The number of furan rings is 1. The summed E-state index contributed by atoms with van der Waals surface area (Å²) in [6.45, 7) is 0. The molecule has 0 aliphatic carbocycles. The highest BCUT2D eigenvalue weighted by Crippen LogP contribution is 2.24. The lowest BCUT2D eigenvalue weighted by Crippen LogP contribution is -2.31. The van der Waals surface area contributed by atoms with Crippen LogP contribution in [0.4, 0.5) is 4.39 Å². The van der Waals surface area contributed by atoms with Crippen molar-refractivity contribution in [1.82, 2.24) is 14.9 Å². The maximum Gasteiger partial charge on any atom is 0.287 e. The summed E-state index contributed by atoms with van der Waals surface area (Å²) in [5.74, 6) is -0.213. The van der Waals surface area contributed by atoms with Crippen LogP contribution >= 0.6 is 15.9 Å². The smallest absolute Gasteiger partial charge is 0.287 e. The average molecular weight is 378 g/mol. The molecule has 1 amide bonds. The van der Waals surface area contributed by atoms with Gasteiger partial charge in [-0.3, -0.25) is 4.79 Å². The van der Waals surface area contributed by atoms with Crippen LogP contribution < -0.4 is 5.32 Å². The predicted molar refractivity (Wildman–Crippen MR) is 85.3 cm³/mol. The summed E-state index contributed by atoms with van der Waals surface area (Å²) >= 11 is 3.15. The van der Waals surface area contributed by atoms with Crippen LogP contribution in [-0.2, 0) is 7.05 Å². The Balaban J connectivity index is 1.98. The Hall–Kier alpha value is -2.41. The first kappa shape index (κ1) is 15.5. The maximum absolute atomic E-state index is 14.2. The van der Waals surface area contributed by atoms with E-state index in [1.165, 1.54) is 12.1 Å². The first-order valence-electron chi connectivity index (χ1n) is 6.84. The monoisotopic (exact) mass is 377 g/mol. The Kier molecular flexibility index (Phi) is 4.29. The van der Waals surface area contributed by atoms with E-state index in [2.05, 4.69) is 26.2 Å². The second kappa shape index (κ2) is 6.37. The second-order valence-electron chi connectivity index (χ2n) is 4.93. The molecule has 0 fully saturated rings. The van der Waals surface area contributed by atoms with E-state index in [9.17, 15) is 9.18 Å². The quantitative estimate of drug-likeness (QED) is 0.757. The fourth-order valence-electron chi connectivity index (χ4n) is 2.28. The molecule has 1 atom stereocenters. The minimum atomic E-state index is -0.729. The lowest BCUT2D eigenvalue weighted by Gasteiger charge is -2.19. The van der Waals surface area contributed by atoms with Crippen molar-refractivity contribution in [2.24, 2.45) is 7.05 Å². The van der Waals surface area contributed by atoms with Crippen LogP contribution in [0.1, 0.15) is 28.0 Å². The minimum absolute atomic E-state index is 0.132. The summed E-state index contributed by atoms with van der Waals surface area (Å²) < 4.78 is 21.6. The Labute approximate surface area is 140 Å².